The fourth-order valence-electron chi connectivity index (χ4n) is 4.17. The van der Waals surface area contributed by atoms with E-state index in [0.717, 1.165) is 17.7 Å². The van der Waals surface area contributed by atoms with Gasteiger partial charge in [0.25, 0.3) is 5.91 Å². The number of furan rings is 1. The number of nitrogens with two attached hydrogens (primary N) is 1. The molecule has 2 heterocycles. The van der Waals surface area contributed by atoms with E-state index in [4.69, 9.17) is 19.6 Å². The van der Waals surface area contributed by atoms with Crippen LogP contribution in [0.1, 0.15) is 83.6 Å². The Kier molecular flexibility index (Phi) is 6.45. The van der Waals surface area contributed by atoms with Crippen molar-refractivity contribution < 1.29 is 28.3 Å². The molecule has 2 amide bonds. The number of rotatable bonds is 5. The molecule has 34 heavy (non-hydrogen) atoms. The maximum Gasteiger partial charge on any atom is 0.436 e. The van der Waals surface area contributed by atoms with Crippen LogP contribution >= 0.6 is 0 Å². The third-order valence-electron chi connectivity index (χ3n) is 5.77. The van der Waals surface area contributed by atoms with Crippen LogP contribution in [0.2, 0.25) is 0 Å². The molecule has 1 atom stereocenters. The Balaban J connectivity index is 1.39. The summed E-state index contributed by atoms with van der Waals surface area (Å²) in [6, 6.07) is 5.39. The van der Waals surface area contributed by atoms with E-state index in [1.54, 1.807) is 32.9 Å². The van der Waals surface area contributed by atoms with Gasteiger partial charge >= 0.3 is 6.09 Å². The lowest BCUT2D eigenvalue weighted by Gasteiger charge is -2.17. The highest BCUT2D eigenvalue weighted by atomic mass is 16.6. The SMILES string of the molecule is CC(C)(C)OC(=O)N=C(N)c1ccc2c(c1)C(CCNC(=O)c1coc3c1C(=O)CCC3)CO2. The Bertz CT molecular complexity index is 1160. The second kappa shape index (κ2) is 9.32. The van der Waals surface area contributed by atoms with Crippen molar-refractivity contribution in [1.29, 1.82) is 0 Å². The third-order valence-corrected chi connectivity index (χ3v) is 5.77. The van der Waals surface area contributed by atoms with Gasteiger partial charge in [0, 0.05) is 36.4 Å². The van der Waals surface area contributed by atoms with Crippen LogP contribution < -0.4 is 15.8 Å². The highest BCUT2D eigenvalue weighted by Crippen LogP contribution is 2.36. The summed E-state index contributed by atoms with van der Waals surface area (Å²) >= 11 is 0. The second-order valence-electron chi connectivity index (χ2n) is 9.51. The molecule has 1 aliphatic carbocycles. The molecule has 2 aliphatic rings. The molecule has 0 spiro atoms. The maximum atomic E-state index is 12.7. The summed E-state index contributed by atoms with van der Waals surface area (Å²) in [7, 11) is 0. The van der Waals surface area contributed by atoms with Gasteiger partial charge in [-0.3, -0.25) is 9.59 Å². The molecule has 2 aromatic rings. The largest absolute Gasteiger partial charge is 0.493 e. The second-order valence-corrected chi connectivity index (χ2v) is 9.51. The van der Waals surface area contributed by atoms with Gasteiger partial charge in [0.1, 0.15) is 29.2 Å². The molecule has 0 saturated heterocycles. The van der Waals surface area contributed by atoms with Crippen molar-refractivity contribution in [3.8, 4) is 5.75 Å². The van der Waals surface area contributed by atoms with Gasteiger partial charge in [-0.05, 0) is 51.8 Å². The first-order chi connectivity index (χ1) is 16.1. The van der Waals surface area contributed by atoms with Crippen LogP contribution in [0.25, 0.3) is 0 Å². The van der Waals surface area contributed by atoms with Crippen molar-refractivity contribution in [2.75, 3.05) is 13.2 Å². The lowest BCUT2D eigenvalue weighted by molar-refractivity contribution is 0.0604. The maximum absolute atomic E-state index is 12.7. The van der Waals surface area contributed by atoms with Crippen molar-refractivity contribution in [2.45, 2.75) is 58.0 Å². The molecule has 1 aliphatic heterocycles. The minimum Gasteiger partial charge on any atom is -0.493 e. The number of carbonyl (C=O) groups excluding carboxylic acids is 3. The van der Waals surface area contributed by atoms with Crippen LogP contribution in [0.3, 0.4) is 0 Å². The van der Waals surface area contributed by atoms with E-state index in [0.29, 0.717) is 54.9 Å². The number of ketones is 1. The molecule has 1 aromatic carbocycles. The standard InChI is InChI=1S/C25H29N3O6/c1-25(2,3)34-24(31)28-22(26)14-7-8-19-16(11-14)15(12-32-19)9-10-27-23(30)17-13-33-20-6-4-5-18(29)21(17)20/h7-8,11,13,15H,4-6,9-10,12H2,1-3H3,(H,27,30)(H2,26,28,31). The van der Waals surface area contributed by atoms with Gasteiger partial charge in [-0.1, -0.05) is 0 Å². The van der Waals surface area contributed by atoms with Crippen LogP contribution in [0.5, 0.6) is 5.75 Å². The van der Waals surface area contributed by atoms with Crippen LogP contribution in [-0.2, 0) is 11.2 Å². The molecule has 0 saturated carbocycles. The zero-order valence-electron chi connectivity index (χ0n) is 19.6. The van der Waals surface area contributed by atoms with Crippen molar-refractivity contribution in [3.05, 3.63) is 52.5 Å². The van der Waals surface area contributed by atoms with Crippen molar-refractivity contribution in [3.63, 3.8) is 0 Å². The highest BCUT2D eigenvalue weighted by Gasteiger charge is 2.29. The number of aliphatic imine (C=N–C) groups is 1. The number of nitrogens with zero attached hydrogens (tertiary/aromatic N) is 1. The molecule has 1 aromatic heterocycles. The third kappa shape index (κ3) is 5.13. The topological polar surface area (TPSA) is 133 Å². The summed E-state index contributed by atoms with van der Waals surface area (Å²) in [5, 5.41) is 2.88. The Morgan fingerprint density at radius 3 is 2.82 bits per heavy atom. The number of hydrogen-bond acceptors (Lipinski definition) is 6. The number of aryl methyl sites for hydroxylation is 1. The van der Waals surface area contributed by atoms with Gasteiger partial charge in [0.05, 0.1) is 17.7 Å². The number of amidine groups is 1. The number of benzene rings is 1. The molecule has 4 rings (SSSR count). The monoisotopic (exact) mass is 467 g/mol. The van der Waals surface area contributed by atoms with E-state index in [-0.39, 0.29) is 23.4 Å². The summed E-state index contributed by atoms with van der Waals surface area (Å²) in [6.07, 6.45) is 3.10. The number of ether oxygens (including phenoxy) is 2. The number of Topliss-reactive ketones (excluding diaryl/α,β-unsaturated/α-hetero) is 1. The number of nitrogens with one attached hydrogen (secondary N) is 1. The Morgan fingerprint density at radius 1 is 1.26 bits per heavy atom. The molecule has 3 N–H and O–H groups in total. The van der Waals surface area contributed by atoms with Crippen LogP contribution in [0.15, 0.2) is 33.9 Å². The fraction of sp³-hybridized carbons (Fsp3) is 0.440. The summed E-state index contributed by atoms with van der Waals surface area (Å²) in [5.74, 6) is 1.06. The fourth-order valence-corrected chi connectivity index (χ4v) is 4.17. The van der Waals surface area contributed by atoms with E-state index < -0.39 is 11.7 Å². The van der Waals surface area contributed by atoms with Crippen LogP contribution in [0.4, 0.5) is 4.79 Å². The summed E-state index contributed by atoms with van der Waals surface area (Å²) < 4.78 is 16.4. The highest BCUT2D eigenvalue weighted by molar-refractivity contribution is 6.09. The van der Waals surface area contributed by atoms with Crippen LogP contribution in [0, 0.1) is 0 Å². The van der Waals surface area contributed by atoms with Crippen LogP contribution in [-0.4, -0.2) is 42.4 Å². The van der Waals surface area contributed by atoms with Gasteiger partial charge in [-0.15, -0.1) is 0 Å². The first kappa shape index (κ1) is 23.5. The van der Waals surface area contributed by atoms with E-state index in [9.17, 15) is 14.4 Å². The Labute approximate surface area is 197 Å². The molecule has 9 heteroatoms. The summed E-state index contributed by atoms with van der Waals surface area (Å²) in [4.78, 5) is 40.7. The Hall–Kier alpha value is -3.62. The predicted octanol–water partition coefficient (Wildman–Crippen LogP) is 3.74. The van der Waals surface area contributed by atoms with E-state index >= 15 is 0 Å². The molecule has 0 fully saturated rings. The normalized spacial score (nSPS) is 17.6. The number of amides is 2. The summed E-state index contributed by atoms with van der Waals surface area (Å²) in [6.45, 7) is 6.13. The first-order valence-corrected chi connectivity index (χ1v) is 11.4. The smallest absolute Gasteiger partial charge is 0.436 e. The van der Waals surface area contributed by atoms with Gasteiger partial charge < -0.3 is 24.9 Å². The van der Waals surface area contributed by atoms with Crippen molar-refractivity contribution >= 4 is 23.6 Å². The summed E-state index contributed by atoms with van der Waals surface area (Å²) in [5.41, 5.74) is 7.62. The van der Waals surface area contributed by atoms with E-state index in [2.05, 4.69) is 10.3 Å². The number of carbonyl (C=O) groups is 3. The molecule has 0 radical (unpaired) electrons. The lowest BCUT2D eigenvalue weighted by Crippen LogP contribution is -2.27. The molecule has 1 unspecified atom stereocenters. The minimum absolute atomic E-state index is 0.0319. The molecular formula is C25H29N3O6. The first-order valence-electron chi connectivity index (χ1n) is 11.4. The van der Waals surface area contributed by atoms with Gasteiger partial charge in [-0.2, -0.15) is 4.99 Å². The molecular weight excluding hydrogens is 438 g/mol. The van der Waals surface area contributed by atoms with E-state index in [1.807, 2.05) is 6.07 Å². The number of hydrogen-bond donors (Lipinski definition) is 2. The molecule has 180 valence electrons. The quantitative estimate of drug-likeness (QED) is 0.505. The van der Waals surface area contributed by atoms with Crippen molar-refractivity contribution in [2.24, 2.45) is 10.7 Å². The molecule has 0 bridgehead atoms. The average molecular weight is 468 g/mol. The van der Waals surface area contributed by atoms with E-state index in [1.165, 1.54) is 6.26 Å². The zero-order valence-corrected chi connectivity index (χ0v) is 19.6. The minimum atomic E-state index is -0.749. The number of fused-ring (bicyclic) bond motifs is 2. The van der Waals surface area contributed by atoms with Crippen molar-refractivity contribution in [1.82, 2.24) is 5.32 Å². The average Bonchev–Trinajstić information content (AvgIpc) is 3.37. The van der Waals surface area contributed by atoms with Gasteiger partial charge in [-0.25, -0.2) is 4.79 Å². The van der Waals surface area contributed by atoms with Gasteiger partial charge in [0.2, 0.25) is 0 Å². The van der Waals surface area contributed by atoms with Gasteiger partial charge in [0.15, 0.2) is 5.78 Å². The zero-order chi connectivity index (χ0) is 24.5. The Morgan fingerprint density at radius 2 is 2.06 bits per heavy atom. The molecule has 9 nitrogen and oxygen atoms in total. The predicted molar refractivity (Wildman–Crippen MR) is 125 cm³/mol. The lowest BCUT2D eigenvalue weighted by atomic mass is 9.93.